The van der Waals surface area contributed by atoms with Crippen LogP contribution in [-0.4, -0.2) is 24.4 Å². The molecule has 0 aliphatic carbocycles. The second-order valence-corrected chi connectivity index (χ2v) is 9.98. The van der Waals surface area contributed by atoms with Crippen molar-refractivity contribution in [3.63, 3.8) is 0 Å². The minimum absolute atomic E-state index is 0.105. The number of rotatable bonds is 6. The van der Waals surface area contributed by atoms with Crippen LogP contribution in [0.3, 0.4) is 0 Å². The van der Waals surface area contributed by atoms with Crippen molar-refractivity contribution in [2.45, 2.75) is 13.8 Å². The molecule has 0 bridgehead atoms. The van der Waals surface area contributed by atoms with E-state index in [0.29, 0.717) is 38.4 Å². The number of esters is 2. The molecular formula is C28H19Cl2NO5S. The van der Waals surface area contributed by atoms with Crippen molar-refractivity contribution in [3.05, 3.63) is 98.0 Å². The van der Waals surface area contributed by atoms with E-state index in [1.807, 2.05) is 32.0 Å². The molecule has 0 amide bonds. The van der Waals surface area contributed by atoms with Crippen molar-refractivity contribution in [3.8, 4) is 11.5 Å². The summed E-state index contributed by atoms with van der Waals surface area (Å²) in [4.78, 5) is 30.1. The Labute approximate surface area is 226 Å². The summed E-state index contributed by atoms with van der Waals surface area (Å²) in [5.41, 5.74) is 2.19. The van der Waals surface area contributed by atoms with Crippen molar-refractivity contribution < 1.29 is 23.8 Å². The number of fused-ring (bicyclic) bond motifs is 1. The van der Waals surface area contributed by atoms with Gasteiger partial charge in [-0.2, -0.15) is 0 Å². The fraction of sp³-hybridized carbons (Fsp3) is 0.107. The molecule has 1 aliphatic rings. The van der Waals surface area contributed by atoms with E-state index in [1.165, 1.54) is 11.3 Å². The summed E-state index contributed by atoms with van der Waals surface area (Å²) < 4.78 is 17.5. The van der Waals surface area contributed by atoms with Crippen LogP contribution in [0.1, 0.15) is 33.3 Å². The van der Waals surface area contributed by atoms with Gasteiger partial charge in [0.15, 0.2) is 17.2 Å². The Morgan fingerprint density at radius 3 is 2.59 bits per heavy atom. The molecule has 37 heavy (non-hydrogen) atoms. The highest BCUT2D eigenvalue weighted by atomic mass is 35.5. The molecule has 0 spiro atoms. The number of hydrogen-bond acceptors (Lipinski definition) is 7. The van der Waals surface area contributed by atoms with Crippen LogP contribution < -0.4 is 9.47 Å². The van der Waals surface area contributed by atoms with Crippen LogP contribution in [0.15, 0.2) is 71.4 Å². The Kier molecular flexibility index (Phi) is 7.02. The zero-order valence-corrected chi connectivity index (χ0v) is 22.0. The van der Waals surface area contributed by atoms with Crippen LogP contribution in [0.2, 0.25) is 10.0 Å². The van der Waals surface area contributed by atoms with Crippen LogP contribution in [0.4, 0.5) is 0 Å². The smallest absolute Gasteiger partial charge is 0.363 e. The van der Waals surface area contributed by atoms with Crippen LogP contribution >= 0.6 is 34.5 Å². The zero-order valence-electron chi connectivity index (χ0n) is 19.7. The Morgan fingerprint density at radius 2 is 1.84 bits per heavy atom. The summed E-state index contributed by atoms with van der Waals surface area (Å²) in [5.74, 6) is -0.343. The fourth-order valence-corrected chi connectivity index (χ4v) is 5.37. The first-order chi connectivity index (χ1) is 17.8. The Bertz CT molecular complexity index is 1610. The Hall–Kier alpha value is -3.65. The van der Waals surface area contributed by atoms with Gasteiger partial charge in [-0.3, -0.25) is 0 Å². The average molecular weight is 552 g/mol. The Morgan fingerprint density at radius 1 is 1.05 bits per heavy atom. The van der Waals surface area contributed by atoms with Crippen molar-refractivity contribution in [2.75, 3.05) is 6.61 Å². The van der Waals surface area contributed by atoms with Crippen LogP contribution in [0, 0.1) is 6.92 Å². The maximum absolute atomic E-state index is 12.6. The molecular weight excluding hydrogens is 533 g/mol. The van der Waals surface area contributed by atoms with Gasteiger partial charge < -0.3 is 14.2 Å². The highest BCUT2D eigenvalue weighted by molar-refractivity contribution is 7.21. The molecule has 0 unspecified atom stereocenters. The molecule has 186 valence electrons. The second-order valence-electron chi connectivity index (χ2n) is 8.12. The summed E-state index contributed by atoms with van der Waals surface area (Å²) in [7, 11) is 0. The van der Waals surface area contributed by atoms with Gasteiger partial charge in [0, 0.05) is 15.1 Å². The molecule has 0 atom stereocenters. The zero-order chi connectivity index (χ0) is 26.1. The number of carbonyl (C=O) groups excluding carboxylic acids is 2. The largest absolute Gasteiger partial charge is 0.490 e. The van der Waals surface area contributed by atoms with E-state index in [0.717, 1.165) is 15.6 Å². The third-order valence-corrected chi connectivity index (χ3v) is 7.35. The normalized spacial score (nSPS) is 14.1. The third kappa shape index (κ3) is 5.25. The van der Waals surface area contributed by atoms with Crippen molar-refractivity contribution in [2.24, 2.45) is 4.99 Å². The molecule has 3 aromatic carbocycles. The fourth-order valence-electron chi connectivity index (χ4n) is 3.66. The predicted molar refractivity (Wildman–Crippen MR) is 146 cm³/mol. The van der Waals surface area contributed by atoms with Crippen molar-refractivity contribution in [1.82, 2.24) is 0 Å². The number of aliphatic imine (C=N–C) groups is 1. The first kappa shape index (κ1) is 25.0. The lowest BCUT2D eigenvalue weighted by Gasteiger charge is -2.11. The van der Waals surface area contributed by atoms with E-state index < -0.39 is 11.9 Å². The molecule has 0 saturated carbocycles. The lowest BCUT2D eigenvalue weighted by Crippen LogP contribution is -2.09. The standard InChI is InChI=1S/C28H19Cl2NO5S/c1-3-34-22-13-16(6-11-21(22)35-27(32)17-7-4-15(2)5-8-17)12-20-28(33)36-26(31-20)25-24(30)19-10-9-18(29)14-23(19)37-25/h4-14H,3H2,1-2H3/b20-12+. The van der Waals surface area contributed by atoms with E-state index in [-0.39, 0.29) is 17.3 Å². The first-order valence-corrected chi connectivity index (χ1v) is 12.9. The summed E-state index contributed by atoms with van der Waals surface area (Å²) in [5, 5.41) is 1.84. The monoisotopic (exact) mass is 551 g/mol. The number of cyclic esters (lactones) is 1. The van der Waals surface area contributed by atoms with Gasteiger partial charge in [-0.25, -0.2) is 14.6 Å². The molecule has 1 aliphatic heterocycles. The number of halogens is 2. The molecule has 0 radical (unpaired) electrons. The minimum atomic E-state index is -0.602. The minimum Gasteiger partial charge on any atom is -0.490 e. The van der Waals surface area contributed by atoms with Crippen molar-refractivity contribution in [1.29, 1.82) is 0 Å². The van der Waals surface area contributed by atoms with Crippen molar-refractivity contribution >= 4 is 68.5 Å². The average Bonchev–Trinajstić information content (AvgIpc) is 3.39. The van der Waals surface area contributed by atoms with Gasteiger partial charge >= 0.3 is 11.9 Å². The highest BCUT2D eigenvalue weighted by Crippen LogP contribution is 2.39. The maximum Gasteiger partial charge on any atom is 0.363 e. The van der Waals surface area contributed by atoms with Gasteiger partial charge in [-0.05, 0) is 61.9 Å². The summed E-state index contributed by atoms with van der Waals surface area (Å²) in [6.45, 7) is 4.12. The van der Waals surface area contributed by atoms with Gasteiger partial charge in [-0.15, -0.1) is 11.3 Å². The molecule has 6 nitrogen and oxygen atoms in total. The highest BCUT2D eigenvalue weighted by Gasteiger charge is 2.28. The molecule has 0 fully saturated rings. The molecule has 1 aromatic heterocycles. The number of carbonyl (C=O) groups is 2. The first-order valence-electron chi connectivity index (χ1n) is 11.3. The predicted octanol–water partition coefficient (Wildman–Crippen LogP) is 7.48. The molecule has 4 aromatic rings. The Balaban J connectivity index is 1.43. The van der Waals surface area contributed by atoms with Gasteiger partial charge in [0.25, 0.3) is 0 Å². The number of aryl methyl sites for hydroxylation is 1. The number of ether oxygens (including phenoxy) is 3. The third-order valence-electron chi connectivity index (χ3n) is 5.47. The van der Waals surface area contributed by atoms with Crippen LogP contribution in [0.5, 0.6) is 11.5 Å². The van der Waals surface area contributed by atoms with Gasteiger partial charge in [0.1, 0.15) is 4.88 Å². The van der Waals surface area contributed by atoms with E-state index in [1.54, 1.807) is 48.5 Å². The molecule has 0 saturated heterocycles. The van der Waals surface area contributed by atoms with E-state index >= 15 is 0 Å². The van der Waals surface area contributed by atoms with Crippen LogP contribution in [0.25, 0.3) is 16.2 Å². The number of nitrogens with zero attached hydrogens (tertiary/aromatic N) is 1. The van der Waals surface area contributed by atoms with E-state index in [4.69, 9.17) is 37.4 Å². The summed E-state index contributed by atoms with van der Waals surface area (Å²) >= 11 is 14.0. The SMILES string of the molecule is CCOc1cc(/C=C2/N=C(c3sc4cc(Cl)ccc4c3Cl)OC2=O)ccc1OC(=O)c1ccc(C)cc1. The number of benzene rings is 3. The van der Waals surface area contributed by atoms with Gasteiger partial charge in [-0.1, -0.05) is 53.0 Å². The molecule has 5 rings (SSSR count). The molecule has 9 heteroatoms. The second kappa shape index (κ2) is 10.4. The van der Waals surface area contributed by atoms with Gasteiger partial charge in [0.2, 0.25) is 5.90 Å². The molecule has 2 heterocycles. The quantitative estimate of drug-likeness (QED) is 0.141. The lowest BCUT2D eigenvalue weighted by atomic mass is 10.1. The lowest BCUT2D eigenvalue weighted by molar-refractivity contribution is -0.129. The number of thiophene rings is 1. The topological polar surface area (TPSA) is 74.2 Å². The van der Waals surface area contributed by atoms with E-state index in [2.05, 4.69) is 4.99 Å². The summed E-state index contributed by atoms with van der Waals surface area (Å²) in [6, 6.07) is 17.4. The number of hydrogen-bond donors (Lipinski definition) is 0. The maximum atomic E-state index is 12.6. The molecule has 0 N–H and O–H groups in total. The summed E-state index contributed by atoms with van der Waals surface area (Å²) in [6.07, 6.45) is 1.57. The van der Waals surface area contributed by atoms with Crippen LogP contribution in [-0.2, 0) is 9.53 Å². The van der Waals surface area contributed by atoms with Gasteiger partial charge in [0.05, 0.1) is 17.2 Å². The van der Waals surface area contributed by atoms with E-state index in [9.17, 15) is 9.59 Å².